The maximum atomic E-state index is 13.0. The number of benzene rings is 1. The third-order valence-corrected chi connectivity index (χ3v) is 3.74. The fourth-order valence-corrected chi connectivity index (χ4v) is 2.50. The Balaban J connectivity index is 2.00. The molecule has 1 aromatic carbocycles. The van der Waals surface area contributed by atoms with Crippen LogP contribution >= 0.6 is 11.6 Å². The highest BCUT2D eigenvalue weighted by Gasteiger charge is 2.47. The van der Waals surface area contributed by atoms with E-state index in [1.807, 2.05) is 0 Å². The van der Waals surface area contributed by atoms with E-state index >= 15 is 0 Å². The number of halogens is 4. The van der Waals surface area contributed by atoms with Crippen LogP contribution in [0.15, 0.2) is 24.3 Å². The van der Waals surface area contributed by atoms with Crippen LogP contribution in [0.2, 0.25) is 5.02 Å². The Kier molecular flexibility index (Phi) is 5.18. The molecule has 2 atom stereocenters. The van der Waals surface area contributed by atoms with Crippen LogP contribution in [-0.2, 0) is 4.79 Å². The van der Waals surface area contributed by atoms with Gasteiger partial charge in [-0.25, -0.2) is 0 Å². The summed E-state index contributed by atoms with van der Waals surface area (Å²) in [4.78, 5) is 12.8. The summed E-state index contributed by atoms with van der Waals surface area (Å²) < 4.78 is 44.2. The standard InChI is InChI=1S/C14H16ClF3N2O2/c15-9-1-4-11(5-2-9)22-8-13(21)20-7-10(19)3-6-12(20)14(16,17)18/h1-2,4-5,10,12H,3,6-8,19H2/t10-,12+/m0/s1. The molecule has 0 bridgehead atoms. The van der Waals surface area contributed by atoms with Gasteiger partial charge in [0, 0.05) is 17.6 Å². The number of alkyl halides is 3. The second kappa shape index (κ2) is 6.75. The van der Waals surface area contributed by atoms with Crippen LogP contribution in [-0.4, -0.2) is 42.2 Å². The molecule has 1 fully saturated rings. The Hall–Kier alpha value is -1.47. The minimum absolute atomic E-state index is 0.118. The highest BCUT2D eigenvalue weighted by Crippen LogP contribution is 2.31. The molecule has 1 aliphatic heterocycles. The lowest BCUT2D eigenvalue weighted by Crippen LogP contribution is -2.57. The molecule has 122 valence electrons. The van der Waals surface area contributed by atoms with Gasteiger partial charge in [0.25, 0.3) is 5.91 Å². The van der Waals surface area contributed by atoms with Gasteiger partial charge < -0.3 is 15.4 Å². The smallest absolute Gasteiger partial charge is 0.408 e. The maximum absolute atomic E-state index is 13.0. The summed E-state index contributed by atoms with van der Waals surface area (Å²) in [6, 6.07) is 3.97. The van der Waals surface area contributed by atoms with Gasteiger partial charge in [-0.2, -0.15) is 13.2 Å². The van der Waals surface area contributed by atoms with Crippen LogP contribution in [0.25, 0.3) is 0 Å². The summed E-state index contributed by atoms with van der Waals surface area (Å²) in [5, 5.41) is 0.498. The molecule has 4 nitrogen and oxygen atoms in total. The van der Waals surface area contributed by atoms with Crippen molar-refractivity contribution < 1.29 is 22.7 Å². The van der Waals surface area contributed by atoms with E-state index in [9.17, 15) is 18.0 Å². The molecular formula is C14H16ClF3N2O2. The topological polar surface area (TPSA) is 55.6 Å². The van der Waals surface area contributed by atoms with Gasteiger partial charge in [0.15, 0.2) is 6.61 Å². The number of amides is 1. The Labute approximate surface area is 131 Å². The zero-order chi connectivity index (χ0) is 16.3. The van der Waals surface area contributed by atoms with E-state index < -0.39 is 30.8 Å². The summed E-state index contributed by atoms with van der Waals surface area (Å²) in [5.41, 5.74) is 5.68. The van der Waals surface area contributed by atoms with Crippen molar-refractivity contribution in [1.82, 2.24) is 4.90 Å². The van der Waals surface area contributed by atoms with Crippen molar-refractivity contribution in [2.75, 3.05) is 13.2 Å². The summed E-state index contributed by atoms with van der Waals surface area (Å²) in [5.74, 6) is -0.366. The van der Waals surface area contributed by atoms with E-state index in [1.54, 1.807) is 24.3 Å². The molecule has 8 heteroatoms. The predicted molar refractivity (Wildman–Crippen MR) is 75.7 cm³/mol. The molecule has 0 aliphatic carbocycles. The molecule has 0 aromatic heterocycles. The number of hydrogen-bond donors (Lipinski definition) is 1. The van der Waals surface area contributed by atoms with Gasteiger partial charge in [-0.3, -0.25) is 4.79 Å². The number of nitrogens with two attached hydrogens (primary N) is 1. The lowest BCUT2D eigenvalue weighted by molar-refractivity contribution is -0.197. The molecule has 0 unspecified atom stereocenters. The molecule has 22 heavy (non-hydrogen) atoms. The Bertz CT molecular complexity index is 522. The van der Waals surface area contributed by atoms with Gasteiger partial charge >= 0.3 is 6.18 Å². The molecule has 0 radical (unpaired) electrons. The number of rotatable bonds is 3. The fraction of sp³-hybridized carbons (Fsp3) is 0.500. The van der Waals surface area contributed by atoms with E-state index in [2.05, 4.69) is 0 Å². The van der Waals surface area contributed by atoms with Crippen molar-refractivity contribution in [1.29, 1.82) is 0 Å². The zero-order valence-corrected chi connectivity index (χ0v) is 12.4. The van der Waals surface area contributed by atoms with Crippen LogP contribution in [0.5, 0.6) is 5.75 Å². The molecule has 2 rings (SSSR count). The van der Waals surface area contributed by atoms with Gasteiger partial charge in [0.2, 0.25) is 0 Å². The quantitative estimate of drug-likeness (QED) is 0.923. The van der Waals surface area contributed by atoms with E-state index in [4.69, 9.17) is 22.1 Å². The lowest BCUT2D eigenvalue weighted by atomic mass is 9.98. The monoisotopic (exact) mass is 336 g/mol. The van der Waals surface area contributed by atoms with Crippen molar-refractivity contribution in [3.63, 3.8) is 0 Å². The van der Waals surface area contributed by atoms with Gasteiger partial charge in [0.05, 0.1) is 0 Å². The predicted octanol–water partition coefficient (Wildman–Crippen LogP) is 2.60. The molecule has 1 heterocycles. The first kappa shape index (κ1) is 16.9. The zero-order valence-electron chi connectivity index (χ0n) is 11.6. The van der Waals surface area contributed by atoms with Crippen molar-refractivity contribution in [2.45, 2.75) is 31.1 Å². The number of ether oxygens (including phenoxy) is 1. The number of piperidine rings is 1. The minimum Gasteiger partial charge on any atom is -0.484 e. The Morgan fingerprint density at radius 2 is 1.95 bits per heavy atom. The van der Waals surface area contributed by atoms with Crippen molar-refractivity contribution in [3.8, 4) is 5.75 Å². The molecule has 0 saturated carbocycles. The number of hydrogen-bond acceptors (Lipinski definition) is 3. The minimum atomic E-state index is -4.46. The number of likely N-dealkylation sites (tertiary alicyclic amines) is 1. The molecule has 1 amide bonds. The fourth-order valence-electron chi connectivity index (χ4n) is 2.37. The molecule has 1 aliphatic rings. The second-order valence-electron chi connectivity index (χ2n) is 5.18. The van der Waals surface area contributed by atoms with Gasteiger partial charge in [-0.15, -0.1) is 0 Å². The van der Waals surface area contributed by atoms with Crippen LogP contribution < -0.4 is 10.5 Å². The van der Waals surface area contributed by atoms with Crippen LogP contribution in [0.1, 0.15) is 12.8 Å². The third-order valence-electron chi connectivity index (χ3n) is 3.49. The Morgan fingerprint density at radius 1 is 1.32 bits per heavy atom. The molecule has 1 saturated heterocycles. The van der Waals surface area contributed by atoms with Crippen LogP contribution in [0.4, 0.5) is 13.2 Å². The molecular weight excluding hydrogens is 321 g/mol. The SMILES string of the molecule is N[C@H]1CC[C@H](C(F)(F)F)N(C(=O)COc2ccc(Cl)cc2)C1. The van der Waals surface area contributed by atoms with Crippen molar-refractivity contribution in [2.24, 2.45) is 5.73 Å². The summed E-state index contributed by atoms with van der Waals surface area (Å²) >= 11 is 5.71. The summed E-state index contributed by atoms with van der Waals surface area (Å²) in [6.45, 7) is -0.589. The highest BCUT2D eigenvalue weighted by atomic mass is 35.5. The van der Waals surface area contributed by atoms with Crippen molar-refractivity contribution >= 4 is 17.5 Å². The second-order valence-corrected chi connectivity index (χ2v) is 5.62. The third kappa shape index (κ3) is 4.27. The van der Waals surface area contributed by atoms with Gasteiger partial charge in [-0.05, 0) is 37.1 Å². The van der Waals surface area contributed by atoms with Gasteiger partial charge in [0.1, 0.15) is 11.8 Å². The summed E-state index contributed by atoms with van der Waals surface area (Å²) in [6.07, 6.45) is -4.40. The lowest BCUT2D eigenvalue weighted by Gasteiger charge is -2.39. The molecule has 2 N–H and O–H groups in total. The van der Waals surface area contributed by atoms with Crippen molar-refractivity contribution in [3.05, 3.63) is 29.3 Å². The largest absolute Gasteiger partial charge is 0.484 e. The Morgan fingerprint density at radius 3 is 2.55 bits per heavy atom. The number of carbonyl (C=O) groups excluding carboxylic acids is 1. The number of nitrogens with zero attached hydrogens (tertiary/aromatic N) is 1. The highest BCUT2D eigenvalue weighted by molar-refractivity contribution is 6.30. The summed E-state index contributed by atoms with van der Waals surface area (Å²) in [7, 11) is 0. The first-order valence-electron chi connectivity index (χ1n) is 6.77. The van der Waals surface area contributed by atoms with E-state index in [1.165, 1.54) is 0 Å². The van der Waals surface area contributed by atoms with Crippen LogP contribution in [0.3, 0.4) is 0 Å². The average molecular weight is 337 g/mol. The first-order valence-corrected chi connectivity index (χ1v) is 7.15. The number of carbonyl (C=O) groups is 1. The van der Waals surface area contributed by atoms with Gasteiger partial charge in [-0.1, -0.05) is 11.6 Å². The van der Waals surface area contributed by atoms with E-state index in [-0.39, 0.29) is 19.4 Å². The average Bonchev–Trinajstić information content (AvgIpc) is 2.45. The normalized spacial score (nSPS) is 22.5. The first-order chi connectivity index (χ1) is 10.3. The van der Waals surface area contributed by atoms with E-state index in [0.717, 1.165) is 4.90 Å². The molecule has 0 spiro atoms. The molecule has 1 aromatic rings. The van der Waals surface area contributed by atoms with Crippen LogP contribution in [0, 0.1) is 0 Å². The van der Waals surface area contributed by atoms with E-state index in [0.29, 0.717) is 10.8 Å². The maximum Gasteiger partial charge on any atom is 0.408 e.